The Balaban J connectivity index is 1.99. The predicted molar refractivity (Wildman–Crippen MR) is 64.4 cm³/mol. The highest BCUT2D eigenvalue weighted by Crippen LogP contribution is 2.19. The number of rotatable bonds is 2. The maximum Gasteiger partial charge on any atom is 0.140 e. The van der Waals surface area contributed by atoms with E-state index < -0.39 is 0 Å². The van der Waals surface area contributed by atoms with Gasteiger partial charge in [-0.15, -0.1) is 0 Å². The molecule has 0 amide bonds. The van der Waals surface area contributed by atoms with Gasteiger partial charge in [-0.1, -0.05) is 30.3 Å². The van der Waals surface area contributed by atoms with E-state index in [1.807, 2.05) is 18.3 Å². The summed E-state index contributed by atoms with van der Waals surface area (Å²) in [6.45, 7) is 0.870. The van der Waals surface area contributed by atoms with E-state index in [4.69, 9.17) is 0 Å². The van der Waals surface area contributed by atoms with Gasteiger partial charge in [0.1, 0.15) is 5.82 Å². The Kier molecular flexibility index (Phi) is 2.18. The SMILES string of the molecule is c1ccc(Cn2cccc3ccnc2-3)cc1. The lowest BCUT2D eigenvalue weighted by Gasteiger charge is -2.11. The van der Waals surface area contributed by atoms with Gasteiger partial charge in [0.2, 0.25) is 0 Å². The second-order valence-electron chi connectivity index (χ2n) is 3.85. The molecule has 0 radical (unpaired) electrons. The average Bonchev–Trinajstić information content (AvgIpc) is 2.80. The second kappa shape index (κ2) is 3.81. The van der Waals surface area contributed by atoms with E-state index in [-0.39, 0.29) is 0 Å². The summed E-state index contributed by atoms with van der Waals surface area (Å²) in [5.41, 5.74) is 2.49. The predicted octanol–water partition coefficient (Wildman–Crippen LogP) is 3.04. The summed E-state index contributed by atoms with van der Waals surface area (Å²) in [7, 11) is 0. The average molecular weight is 208 g/mol. The zero-order chi connectivity index (χ0) is 10.8. The van der Waals surface area contributed by atoms with Gasteiger partial charge in [-0.3, -0.25) is 0 Å². The van der Waals surface area contributed by atoms with Crippen molar-refractivity contribution in [1.29, 1.82) is 0 Å². The van der Waals surface area contributed by atoms with Crippen molar-refractivity contribution in [3.8, 4) is 11.4 Å². The third-order valence-corrected chi connectivity index (χ3v) is 2.72. The number of hydrogen-bond acceptors (Lipinski definition) is 1. The highest BCUT2D eigenvalue weighted by Gasteiger charge is 2.06. The Bertz CT molecular complexity index is 554. The number of aromatic nitrogens is 2. The van der Waals surface area contributed by atoms with Gasteiger partial charge in [0, 0.05) is 24.5 Å². The third kappa shape index (κ3) is 1.58. The van der Waals surface area contributed by atoms with Crippen LogP contribution in [0.15, 0.2) is 60.9 Å². The summed E-state index contributed by atoms with van der Waals surface area (Å²) in [6, 6.07) is 16.6. The highest BCUT2D eigenvalue weighted by molar-refractivity contribution is 5.57. The summed E-state index contributed by atoms with van der Waals surface area (Å²) >= 11 is 0. The molecular weight excluding hydrogens is 196 g/mol. The zero-order valence-corrected chi connectivity index (χ0v) is 8.88. The summed E-state index contributed by atoms with van der Waals surface area (Å²) < 4.78 is 2.17. The highest BCUT2D eigenvalue weighted by atomic mass is 15.0. The fourth-order valence-corrected chi connectivity index (χ4v) is 1.94. The van der Waals surface area contributed by atoms with E-state index in [9.17, 15) is 0 Å². The Labute approximate surface area is 94.5 Å². The smallest absolute Gasteiger partial charge is 0.140 e. The molecule has 0 unspecified atom stereocenters. The van der Waals surface area contributed by atoms with Gasteiger partial charge in [-0.25, -0.2) is 4.98 Å². The molecule has 0 saturated carbocycles. The van der Waals surface area contributed by atoms with Gasteiger partial charge in [-0.2, -0.15) is 0 Å². The van der Waals surface area contributed by atoms with E-state index in [1.165, 1.54) is 11.1 Å². The van der Waals surface area contributed by atoms with Crippen LogP contribution in [0.2, 0.25) is 0 Å². The van der Waals surface area contributed by atoms with Crippen LogP contribution in [0, 0.1) is 0 Å². The third-order valence-electron chi connectivity index (χ3n) is 2.72. The number of fused-ring (bicyclic) bond motifs is 1. The van der Waals surface area contributed by atoms with Gasteiger partial charge >= 0.3 is 0 Å². The van der Waals surface area contributed by atoms with Gasteiger partial charge in [0.05, 0.1) is 0 Å². The second-order valence-corrected chi connectivity index (χ2v) is 3.85. The monoisotopic (exact) mass is 208 g/mol. The molecule has 2 nitrogen and oxygen atoms in total. The van der Waals surface area contributed by atoms with Gasteiger partial charge in [0.25, 0.3) is 0 Å². The standard InChI is InChI=1S/C14H12N2/c1-2-5-12(6-3-1)11-16-10-4-7-13-8-9-15-14(13)16/h1-10H,11H2. The van der Waals surface area contributed by atoms with Crippen molar-refractivity contribution < 1.29 is 0 Å². The summed E-state index contributed by atoms with van der Waals surface area (Å²) in [4.78, 5) is 4.38. The number of benzene rings is 1. The molecule has 0 aromatic heterocycles. The molecular formula is C14H12N2. The molecule has 1 aromatic rings. The minimum atomic E-state index is 0.870. The molecule has 3 rings (SSSR count). The van der Waals surface area contributed by atoms with Crippen LogP contribution in [-0.2, 0) is 6.54 Å². The largest absolute Gasteiger partial charge is 0.328 e. The molecule has 2 heterocycles. The van der Waals surface area contributed by atoms with E-state index in [0.717, 1.165) is 12.4 Å². The molecule has 0 spiro atoms. The molecule has 0 saturated heterocycles. The molecule has 0 aliphatic carbocycles. The summed E-state index contributed by atoms with van der Waals surface area (Å²) in [6.07, 6.45) is 3.93. The van der Waals surface area contributed by atoms with Crippen LogP contribution in [0.3, 0.4) is 0 Å². The molecule has 16 heavy (non-hydrogen) atoms. The fourth-order valence-electron chi connectivity index (χ4n) is 1.94. The lowest BCUT2D eigenvalue weighted by Crippen LogP contribution is -2.03. The number of hydrogen-bond donors (Lipinski definition) is 0. The van der Waals surface area contributed by atoms with Crippen LogP contribution >= 0.6 is 0 Å². The van der Waals surface area contributed by atoms with Gasteiger partial charge in [0.15, 0.2) is 0 Å². The fraction of sp³-hybridized carbons (Fsp3) is 0.0714. The van der Waals surface area contributed by atoms with Crippen LogP contribution < -0.4 is 0 Å². The first-order valence-corrected chi connectivity index (χ1v) is 5.37. The van der Waals surface area contributed by atoms with Crippen molar-refractivity contribution in [2.24, 2.45) is 0 Å². The first kappa shape index (κ1) is 9.16. The lowest BCUT2D eigenvalue weighted by atomic mass is 10.2. The normalized spacial score (nSPS) is 10.8. The quantitative estimate of drug-likeness (QED) is 0.633. The molecule has 1 aromatic carbocycles. The molecule has 0 bridgehead atoms. The Morgan fingerprint density at radius 3 is 2.69 bits per heavy atom. The van der Waals surface area contributed by atoms with E-state index in [2.05, 4.69) is 52.1 Å². The van der Waals surface area contributed by atoms with Crippen molar-refractivity contribution in [3.63, 3.8) is 0 Å². The molecule has 2 aliphatic heterocycles. The van der Waals surface area contributed by atoms with Crippen LogP contribution in [0.4, 0.5) is 0 Å². The number of nitrogens with zero attached hydrogens (tertiary/aromatic N) is 2. The zero-order valence-electron chi connectivity index (χ0n) is 8.88. The van der Waals surface area contributed by atoms with Crippen LogP contribution in [0.5, 0.6) is 0 Å². The molecule has 0 atom stereocenters. The summed E-state index contributed by atoms with van der Waals surface area (Å²) in [5.74, 6) is 1.05. The van der Waals surface area contributed by atoms with Crippen molar-refractivity contribution in [1.82, 2.24) is 9.55 Å². The molecule has 2 aliphatic rings. The van der Waals surface area contributed by atoms with Crippen molar-refractivity contribution >= 4 is 0 Å². The Hall–Kier alpha value is -2.09. The topological polar surface area (TPSA) is 17.8 Å². The van der Waals surface area contributed by atoms with E-state index in [1.54, 1.807) is 0 Å². The van der Waals surface area contributed by atoms with Crippen molar-refractivity contribution in [2.75, 3.05) is 0 Å². The van der Waals surface area contributed by atoms with Crippen molar-refractivity contribution in [2.45, 2.75) is 6.54 Å². The maximum atomic E-state index is 4.38. The Morgan fingerprint density at radius 1 is 0.938 bits per heavy atom. The first-order chi connectivity index (χ1) is 7.93. The van der Waals surface area contributed by atoms with E-state index >= 15 is 0 Å². The molecule has 78 valence electrons. The van der Waals surface area contributed by atoms with Gasteiger partial charge in [-0.05, 0) is 23.8 Å². The van der Waals surface area contributed by atoms with Crippen LogP contribution in [0.25, 0.3) is 11.4 Å². The molecule has 2 heteroatoms. The van der Waals surface area contributed by atoms with Crippen LogP contribution in [-0.4, -0.2) is 9.55 Å². The maximum absolute atomic E-state index is 4.38. The number of pyridine rings is 1. The lowest BCUT2D eigenvalue weighted by molar-refractivity contribution is 0.785. The minimum absolute atomic E-state index is 0.870. The van der Waals surface area contributed by atoms with Crippen LogP contribution in [0.1, 0.15) is 5.56 Å². The first-order valence-electron chi connectivity index (χ1n) is 5.37. The summed E-state index contributed by atoms with van der Waals surface area (Å²) in [5, 5.41) is 0. The van der Waals surface area contributed by atoms with Gasteiger partial charge < -0.3 is 4.57 Å². The van der Waals surface area contributed by atoms with Crippen molar-refractivity contribution in [3.05, 3.63) is 66.5 Å². The minimum Gasteiger partial charge on any atom is -0.328 e. The molecule has 0 N–H and O–H groups in total. The molecule has 0 fully saturated rings. The van der Waals surface area contributed by atoms with E-state index in [0.29, 0.717) is 0 Å². The Morgan fingerprint density at radius 2 is 1.81 bits per heavy atom.